The van der Waals surface area contributed by atoms with Crippen LogP contribution in [0.2, 0.25) is 0 Å². The molecule has 9 heteroatoms. The van der Waals surface area contributed by atoms with Gasteiger partial charge in [0.05, 0.1) is 19.8 Å². The fourth-order valence-corrected chi connectivity index (χ4v) is 7.65. The lowest BCUT2D eigenvalue weighted by molar-refractivity contribution is -0.154. The third-order valence-corrected chi connectivity index (χ3v) is 11.3. The molecule has 8 nitrogen and oxygen atoms in total. The van der Waals surface area contributed by atoms with Crippen LogP contribution in [0.3, 0.4) is 0 Å². The molecular weight excluding hydrogens is 685 g/mol. The normalized spacial score (nSPS) is 13.4. The molecule has 2 unspecified atom stereocenters. The van der Waals surface area contributed by atoms with E-state index in [2.05, 4.69) is 13.8 Å². The van der Waals surface area contributed by atoms with E-state index in [0.717, 1.165) is 32.1 Å². The minimum absolute atomic E-state index is 0.0902. The average Bonchev–Trinajstić information content (AvgIpc) is 3.15. The van der Waals surface area contributed by atoms with Crippen LogP contribution in [0.1, 0.15) is 239 Å². The molecule has 0 amide bonds. The van der Waals surface area contributed by atoms with Crippen molar-refractivity contribution in [1.82, 2.24) is 0 Å². The number of carbonyl (C=O) groups is 1. The minimum Gasteiger partial charge on any atom is -0.457 e. The number of ether oxygens (including phenoxy) is 2. The molecule has 2 atom stereocenters. The van der Waals surface area contributed by atoms with Crippen molar-refractivity contribution in [3.05, 3.63) is 0 Å². The number of carbonyl (C=O) groups excluding carboxylic acids is 1. The molecule has 0 bridgehead atoms. The van der Waals surface area contributed by atoms with Crippen molar-refractivity contribution in [2.45, 2.75) is 245 Å². The van der Waals surface area contributed by atoms with Crippen LogP contribution >= 0.6 is 7.82 Å². The third kappa shape index (κ3) is 42.5. The predicted molar refractivity (Wildman–Crippen MR) is 224 cm³/mol. The van der Waals surface area contributed by atoms with Gasteiger partial charge in [0.1, 0.15) is 6.10 Å². The Bertz CT molecular complexity index is 787. The molecule has 0 heterocycles. The van der Waals surface area contributed by atoms with Crippen LogP contribution in [-0.4, -0.2) is 49.9 Å². The zero-order valence-electron chi connectivity index (χ0n) is 35.3. The molecular formula is C44H90NO7P. The Morgan fingerprint density at radius 1 is 0.491 bits per heavy atom. The summed E-state index contributed by atoms with van der Waals surface area (Å²) >= 11 is 0. The molecule has 0 aliphatic rings. The summed E-state index contributed by atoms with van der Waals surface area (Å²) in [6, 6.07) is 0. The number of phosphoric acid groups is 1. The number of hydrogen-bond acceptors (Lipinski definition) is 7. The van der Waals surface area contributed by atoms with E-state index in [1.54, 1.807) is 0 Å². The molecule has 3 N–H and O–H groups in total. The van der Waals surface area contributed by atoms with E-state index in [1.807, 2.05) is 0 Å². The van der Waals surface area contributed by atoms with Gasteiger partial charge in [0.2, 0.25) is 0 Å². The zero-order valence-corrected chi connectivity index (χ0v) is 36.2. The van der Waals surface area contributed by atoms with Crippen LogP contribution in [-0.2, 0) is 27.9 Å². The largest absolute Gasteiger partial charge is 0.472 e. The second-order valence-corrected chi connectivity index (χ2v) is 17.1. The first kappa shape index (κ1) is 52.5. The fourth-order valence-electron chi connectivity index (χ4n) is 6.88. The Morgan fingerprint density at radius 2 is 0.830 bits per heavy atom. The molecule has 0 aromatic heterocycles. The molecule has 53 heavy (non-hydrogen) atoms. The van der Waals surface area contributed by atoms with Crippen LogP contribution in [0, 0.1) is 0 Å². The van der Waals surface area contributed by atoms with Gasteiger partial charge in [-0.05, 0) is 12.8 Å². The highest BCUT2D eigenvalue weighted by Crippen LogP contribution is 2.43. The van der Waals surface area contributed by atoms with Crippen molar-refractivity contribution in [2.75, 3.05) is 33.0 Å². The number of phosphoric ester groups is 1. The van der Waals surface area contributed by atoms with E-state index in [4.69, 9.17) is 24.3 Å². The Kier molecular flexibility index (Phi) is 42.2. The zero-order chi connectivity index (χ0) is 38.8. The number of unbranched alkanes of at least 4 members (excludes halogenated alkanes) is 32. The van der Waals surface area contributed by atoms with Crippen molar-refractivity contribution in [1.29, 1.82) is 0 Å². The van der Waals surface area contributed by atoms with E-state index in [9.17, 15) is 14.3 Å². The van der Waals surface area contributed by atoms with Crippen molar-refractivity contribution < 1.29 is 32.8 Å². The van der Waals surface area contributed by atoms with Crippen LogP contribution in [0.15, 0.2) is 0 Å². The summed E-state index contributed by atoms with van der Waals surface area (Å²) < 4.78 is 33.4. The molecule has 0 saturated heterocycles. The first-order valence-electron chi connectivity index (χ1n) is 23.0. The second-order valence-electron chi connectivity index (χ2n) is 15.6. The maximum absolute atomic E-state index is 12.5. The average molecular weight is 776 g/mol. The molecule has 0 rings (SSSR count). The van der Waals surface area contributed by atoms with Crippen LogP contribution in [0.4, 0.5) is 0 Å². The number of nitrogens with two attached hydrogens (primary N) is 1. The van der Waals surface area contributed by atoms with Gasteiger partial charge in [0, 0.05) is 19.6 Å². The third-order valence-electron chi connectivity index (χ3n) is 10.3. The molecule has 0 radical (unpaired) electrons. The molecule has 0 saturated carbocycles. The first-order chi connectivity index (χ1) is 25.9. The summed E-state index contributed by atoms with van der Waals surface area (Å²) in [4.78, 5) is 22.4. The lowest BCUT2D eigenvalue weighted by Crippen LogP contribution is -2.28. The molecule has 0 aliphatic heterocycles. The van der Waals surface area contributed by atoms with E-state index in [-0.39, 0.29) is 32.3 Å². The van der Waals surface area contributed by atoms with Gasteiger partial charge < -0.3 is 20.1 Å². The van der Waals surface area contributed by atoms with Crippen molar-refractivity contribution in [3.63, 3.8) is 0 Å². The molecule has 318 valence electrons. The Labute approximate surface area is 329 Å². The van der Waals surface area contributed by atoms with Gasteiger partial charge >= 0.3 is 13.8 Å². The fraction of sp³-hybridized carbons (Fsp3) is 0.977. The van der Waals surface area contributed by atoms with Gasteiger partial charge in [-0.1, -0.05) is 219 Å². The van der Waals surface area contributed by atoms with Crippen molar-refractivity contribution in [2.24, 2.45) is 5.73 Å². The van der Waals surface area contributed by atoms with Crippen molar-refractivity contribution in [3.8, 4) is 0 Å². The highest BCUT2D eigenvalue weighted by atomic mass is 31.2. The topological polar surface area (TPSA) is 117 Å². The maximum atomic E-state index is 12.5. The standard InChI is InChI=1S/C44H90NO7P/c1-3-5-7-9-11-13-15-16-17-18-19-20-21-22-23-24-25-26-28-30-32-34-36-39-49-41-43(42-51-53(47,48)50-40-38-45)52-44(46)37-35-33-31-29-27-14-12-10-8-6-4-2/h43H,3-42,45H2,1-2H3,(H,47,48). The quantitative estimate of drug-likeness (QED) is 0.0357. The van der Waals surface area contributed by atoms with E-state index in [0.29, 0.717) is 13.0 Å². The Hall–Kier alpha value is -0.500. The van der Waals surface area contributed by atoms with Gasteiger partial charge in [-0.15, -0.1) is 0 Å². The molecule has 0 aliphatic carbocycles. The summed E-state index contributed by atoms with van der Waals surface area (Å²) in [5.41, 5.74) is 5.37. The molecule has 0 aromatic carbocycles. The monoisotopic (exact) mass is 776 g/mol. The summed E-state index contributed by atoms with van der Waals surface area (Å²) in [6.45, 7) is 4.97. The predicted octanol–water partition coefficient (Wildman–Crippen LogP) is 13.7. The van der Waals surface area contributed by atoms with Crippen LogP contribution in [0.5, 0.6) is 0 Å². The highest BCUT2D eigenvalue weighted by molar-refractivity contribution is 7.47. The Balaban J connectivity index is 3.84. The van der Waals surface area contributed by atoms with Crippen molar-refractivity contribution >= 4 is 13.8 Å². The lowest BCUT2D eigenvalue weighted by Gasteiger charge is -2.20. The van der Waals surface area contributed by atoms with E-state index in [1.165, 1.54) is 186 Å². The number of rotatable bonds is 45. The van der Waals surface area contributed by atoms with Crippen LogP contribution in [0.25, 0.3) is 0 Å². The summed E-state index contributed by atoms with van der Waals surface area (Å²) in [5, 5.41) is 0. The van der Waals surface area contributed by atoms with Gasteiger partial charge in [0.25, 0.3) is 0 Å². The van der Waals surface area contributed by atoms with Gasteiger partial charge in [-0.3, -0.25) is 13.8 Å². The summed E-state index contributed by atoms with van der Waals surface area (Å²) in [6.07, 6.45) is 44.2. The van der Waals surface area contributed by atoms with Crippen LogP contribution < -0.4 is 5.73 Å². The molecule has 0 fully saturated rings. The summed E-state index contributed by atoms with van der Waals surface area (Å²) in [7, 11) is -4.27. The SMILES string of the molecule is CCCCCCCCCCCCCCCCCCCCCCCCCOCC(COP(=O)(O)OCCN)OC(=O)CCCCCCCCCCCCC. The second kappa shape index (κ2) is 42.6. The minimum atomic E-state index is -4.27. The molecule has 0 spiro atoms. The number of esters is 1. The van der Waals surface area contributed by atoms with E-state index >= 15 is 0 Å². The highest BCUT2D eigenvalue weighted by Gasteiger charge is 2.25. The lowest BCUT2D eigenvalue weighted by atomic mass is 10.0. The Morgan fingerprint density at radius 3 is 1.19 bits per heavy atom. The smallest absolute Gasteiger partial charge is 0.457 e. The number of hydrogen-bond donors (Lipinski definition) is 2. The molecule has 0 aromatic rings. The first-order valence-corrected chi connectivity index (χ1v) is 24.5. The summed E-state index contributed by atoms with van der Waals surface area (Å²) in [5.74, 6) is -0.326. The maximum Gasteiger partial charge on any atom is 0.472 e. The van der Waals surface area contributed by atoms with E-state index < -0.39 is 13.9 Å². The van der Waals surface area contributed by atoms with Gasteiger partial charge in [0.15, 0.2) is 0 Å². The van der Waals surface area contributed by atoms with Gasteiger partial charge in [-0.2, -0.15) is 0 Å². The van der Waals surface area contributed by atoms with Gasteiger partial charge in [-0.25, -0.2) is 4.57 Å².